The van der Waals surface area contributed by atoms with Crippen LogP contribution < -0.4 is 10.2 Å². The Morgan fingerprint density at radius 1 is 1.33 bits per heavy atom. The molecule has 21 heavy (non-hydrogen) atoms. The maximum Gasteiger partial charge on any atom is 0.185 e. The molecule has 1 aromatic heterocycles. The van der Waals surface area contributed by atoms with Crippen LogP contribution >= 0.6 is 11.3 Å². The third-order valence-electron chi connectivity index (χ3n) is 4.53. The van der Waals surface area contributed by atoms with E-state index < -0.39 is 0 Å². The summed E-state index contributed by atoms with van der Waals surface area (Å²) in [7, 11) is 0. The molecule has 0 amide bonds. The highest BCUT2D eigenvalue weighted by Crippen LogP contribution is 2.32. The van der Waals surface area contributed by atoms with Crippen LogP contribution in [0.15, 0.2) is 0 Å². The number of aromatic nitrogens is 1. The molecule has 1 aliphatic heterocycles. The second-order valence-electron chi connectivity index (χ2n) is 6.84. The average molecular weight is 310 g/mol. The highest BCUT2D eigenvalue weighted by molar-refractivity contribution is 7.15. The SMILES string of the molecule is CCCc1nc(N2CCC(C)C(C)C2)sc1CNC(C)C. The lowest BCUT2D eigenvalue weighted by atomic mass is 9.89. The van der Waals surface area contributed by atoms with E-state index in [9.17, 15) is 0 Å². The summed E-state index contributed by atoms with van der Waals surface area (Å²) in [6, 6.07) is 0.529. The summed E-state index contributed by atoms with van der Waals surface area (Å²) in [4.78, 5) is 8.91. The van der Waals surface area contributed by atoms with Crippen LogP contribution in [0.25, 0.3) is 0 Å². The topological polar surface area (TPSA) is 28.2 Å². The molecule has 2 rings (SSSR count). The summed E-state index contributed by atoms with van der Waals surface area (Å²) in [6.07, 6.45) is 3.57. The van der Waals surface area contributed by atoms with E-state index in [-0.39, 0.29) is 0 Å². The highest BCUT2D eigenvalue weighted by Gasteiger charge is 2.25. The van der Waals surface area contributed by atoms with Gasteiger partial charge >= 0.3 is 0 Å². The van der Waals surface area contributed by atoms with Gasteiger partial charge in [0.2, 0.25) is 0 Å². The van der Waals surface area contributed by atoms with Gasteiger partial charge in [0.15, 0.2) is 5.13 Å². The normalized spacial score (nSPS) is 23.0. The molecular formula is C17H31N3S. The van der Waals surface area contributed by atoms with Crippen molar-refractivity contribution < 1.29 is 0 Å². The predicted octanol–water partition coefficient (Wildman–Crippen LogP) is 4.08. The van der Waals surface area contributed by atoms with Crippen LogP contribution in [0.3, 0.4) is 0 Å². The molecule has 0 bridgehead atoms. The summed E-state index contributed by atoms with van der Waals surface area (Å²) in [5, 5.41) is 4.79. The molecule has 1 aliphatic rings. The second-order valence-corrected chi connectivity index (χ2v) is 7.90. The molecule has 2 unspecified atom stereocenters. The summed E-state index contributed by atoms with van der Waals surface area (Å²) in [5.74, 6) is 1.62. The summed E-state index contributed by atoms with van der Waals surface area (Å²) in [5.41, 5.74) is 1.32. The number of hydrogen-bond donors (Lipinski definition) is 1. The van der Waals surface area contributed by atoms with Gasteiger partial charge in [-0.3, -0.25) is 0 Å². The van der Waals surface area contributed by atoms with Gasteiger partial charge in [-0.25, -0.2) is 4.98 Å². The number of piperidine rings is 1. The van der Waals surface area contributed by atoms with Crippen LogP contribution in [0.1, 0.15) is 58.0 Å². The van der Waals surface area contributed by atoms with Crippen LogP contribution in [0.2, 0.25) is 0 Å². The Hall–Kier alpha value is -0.610. The molecule has 0 aliphatic carbocycles. The predicted molar refractivity (Wildman–Crippen MR) is 93.2 cm³/mol. The molecule has 0 saturated carbocycles. The molecule has 2 heterocycles. The first-order chi connectivity index (χ1) is 10.0. The molecule has 3 nitrogen and oxygen atoms in total. The lowest BCUT2D eigenvalue weighted by Gasteiger charge is -2.35. The van der Waals surface area contributed by atoms with Crippen molar-refractivity contribution >= 4 is 16.5 Å². The highest BCUT2D eigenvalue weighted by atomic mass is 32.1. The molecule has 1 fully saturated rings. The van der Waals surface area contributed by atoms with E-state index in [2.05, 4.69) is 44.8 Å². The third kappa shape index (κ3) is 4.43. The number of rotatable bonds is 6. The largest absolute Gasteiger partial charge is 0.348 e. The van der Waals surface area contributed by atoms with Crippen molar-refractivity contribution in [3.05, 3.63) is 10.6 Å². The first-order valence-electron chi connectivity index (χ1n) is 8.48. The van der Waals surface area contributed by atoms with Crippen molar-refractivity contribution in [1.82, 2.24) is 10.3 Å². The lowest BCUT2D eigenvalue weighted by Crippen LogP contribution is -2.38. The summed E-state index contributed by atoms with van der Waals surface area (Å²) in [6.45, 7) is 14.7. The van der Waals surface area contributed by atoms with Crippen LogP contribution in [0.5, 0.6) is 0 Å². The van der Waals surface area contributed by atoms with Crippen LogP contribution in [0, 0.1) is 11.8 Å². The molecule has 2 atom stereocenters. The molecule has 120 valence electrons. The first kappa shape index (κ1) is 16.8. The van der Waals surface area contributed by atoms with Gasteiger partial charge in [-0.15, -0.1) is 11.3 Å². The molecule has 0 radical (unpaired) electrons. The van der Waals surface area contributed by atoms with Gasteiger partial charge in [0.25, 0.3) is 0 Å². The minimum absolute atomic E-state index is 0.529. The molecule has 0 spiro atoms. The lowest BCUT2D eigenvalue weighted by molar-refractivity contribution is 0.323. The van der Waals surface area contributed by atoms with Crippen molar-refractivity contribution in [2.45, 2.75) is 66.5 Å². The smallest absolute Gasteiger partial charge is 0.185 e. The van der Waals surface area contributed by atoms with Crippen molar-refractivity contribution in [2.75, 3.05) is 18.0 Å². The fourth-order valence-electron chi connectivity index (χ4n) is 2.81. The van der Waals surface area contributed by atoms with Gasteiger partial charge in [0.1, 0.15) is 0 Å². The van der Waals surface area contributed by atoms with Crippen LogP contribution in [-0.2, 0) is 13.0 Å². The second kappa shape index (κ2) is 7.59. The molecule has 1 saturated heterocycles. The quantitative estimate of drug-likeness (QED) is 0.858. The maximum absolute atomic E-state index is 4.97. The minimum atomic E-state index is 0.529. The number of hydrogen-bond acceptors (Lipinski definition) is 4. The third-order valence-corrected chi connectivity index (χ3v) is 5.69. The Balaban J connectivity index is 2.10. The molecule has 1 aromatic rings. The van der Waals surface area contributed by atoms with Gasteiger partial charge in [0, 0.05) is 30.6 Å². The Kier molecular flexibility index (Phi) is 6.06. The average Bonchev–Trinajstić information content (AvgIpc) is 2.83. The van der Waals surface area contributed by atoms with Crippen LogP contribution in [-0.4, -0.2) is 24.1 Å². The van der Waals surface area contributed by atoms with E-state index >= 15 is 0 Å². The minimum Gasteiger partial charge on any atom is -0.348 e. The Labute approximate surface area is 134 Å². The van der Waals surface area contributed by atoms with Gasteiger partial charge < -0.3 is 10.2 Å². The Morgan fingerprint density at radius 2 is 2.10 bits per heavy atom. The summed E-state index contributed by atoms with van der Waals surface area (Å²) >= 11 is 1.90. The van der Waals surface area contributed by atoms with Crippen LogP contribution in [0.4, 0.5) is 5.13 Å². The van der Waals surface area contributed by atoms with E-state index in [1.807, 2.05) is 11.3 Å². The van der Waals surface area contributed by atoms with Gasteiger partial charge in [-0.1, -0.05) is 41.0 Å². The zero-order valence-electron chi connectivity index (χ0n) is 14.3. The Morgan fingerprint density at radius 3 is 2.71 bits per heavy atom. The monoisotopic (exact) mass is 309 g/mol. The number of nitrogens with one attached hydrogen (secondary N) is 1. The number of thiazole rings is 1. The zero-order chi connectivity index (χ0) is 15.4. The van der Waals surface area contributed by atoms with Gasteiger partial charge in [0.05, 0.1) is 5.69 Å². The van der Waals surface area contributed by atoms with Crippen molar-refractivity contribution in [2.24, 2.45) is 11.8 Å². The van der Waals surface area contributed by atoms with Gasteiger partial charge in [-0.2, -0.15) is 0 Å². The molecular weight excluding hydrogens is 278 g/mol. The fourth-order valence-corrected chi connectivity index (χ4v) is 3.90. The van der Waals surface area contributed by atoms with Crippen molar-refractivity contribution in [3.8, 4) is 0 Å². The number of anilines is 1. The Bertz CT molecular complexity index is 441. The number of nitrogens with zero attached hydrogens (tertiary/aromatic N) is 2. The zero-order valence-corrected chi connectivity index (χ0v) is 15.1. The van der Waals surface area contributed by atoms with E-state index in [0.29, 0.717) is 6.04 Å². The van der Waals surface area contributed by atoms with Crippen molar-refractivity contribution in [3.63, 3.8) is 0 Å². The fraction of sp³-hybridized carbons (Fsp3) is 0.824. The van der Waals surface area contributed by atoms with E-state index in [0.717, 1.165) is 31.3 Å². The standard InChI is InChI=1S/C17H31N3S/c1-6-7-15-16(10-18-12(2)3)21-17(19-15)20-9-8-13(4)14(5)11-20/h12-14,18H,6-11H2,1-5H3. The first-order valence-corrected chi connectivity index (χ1v) is 9.29. The van der Waals surface area contributed by atoms with E-state index in [1.165, 1.54) is 35.1 Å². The molecule has 1 N–H and O–H groups in total. The van der Waals surface area contributed by atoms with E-state index in [4.69, 9.17) is 4.98 Å². The molecule has 0 aromatic carbocycles. The van der Waals surface area contributed by atoms with E-state index in [1.54, 1.807) is 0 Å². The number of aryl methyl sites for hydroxylation is 1. The van der Waals surface area contributed by atoms with Gasteiger partial charge in [-0.05, 0) is 24.7 Å². The maximum atomic E-state index is 4.97. The molecule has 4 heteroatoms. The summed E-state index contributed by atoms with van der Waals surface area (Å²) < 4.78 is 0. The van der Waals surface area contributed by atoms with Crippen molar-refractivity contribution in [1.29, 1.82) is 0 Å².